The van der Waals surface area contributed by atoms with Gasteiger partial charge in [0.1, 0.15) is 5.78 Å². The van der Waals surface area contributed by atoms with Crippen LogP contribution in [0.15, 0.2) is 16.8 Å². The van der Waals surface area contributed by atoms with Crippen LogP contribution in [0.3, 0.4) is 0 Å². The number of rotatable bonds is 4. The van der Waals surface area contributed by atoms with Gasteiger partial charge in [-0.15, -0.1) is 0 Å². The van der Waals surface area contributed by atoms with Crippen molar-refractivity contribution < 1.29 is 9.59 Å². The molecule has 14 heavy (non-hydrogen) atoms. The third-order valence-electron chi connectivity index (χ3n) is 1.83. The molecule has 0 radical (unpaired) electrons. The third-order valence-corrected chi connectivity index (χ3v) is 2.56. The van der Waals surface area contributed by atoms with E-state index >= 15 is 0 Å². The summed E-state index contributed by atoms with van der Waals surface area (Å²) >= 11 is 1.60. The summed E-state index contributed by atoms with van der Waals surface area (Å²) in [5.74, 6) is -0.212. The summed E-state index contributed by atoms with van der Waals surface area (Å²) in [6.07, 6.45) is 0.000632. The Morgan fingerprint density at radius 2 is 2.21 bits per heavy atom. The number of nitrogens with zero attached hydrogens (tertiary/aromatic N) is 1. The normalized spacial score (nSPS) is 9.86. The predicted molar refractivity (Wildman–Crippen MR) is 56.1 cm³/mol. The van der Waals surface area contributed by atoms with Crippen LogP contribution < -0.4 is 0 Å². The van der Waals surface area contributed by atoms with E-state index < -0.39 is 0 Å². The van der Waals surface area contributed by atoms with Crippen LogP contribution in [0.25, 0.3) is 0 Å². The van der Waals surface area contributed by atoms with Gasteiger partial charge in [-0.25, -0.2) is 0 Å². The van der Waals surface area contributed by atoms with Crippen LogP contribution >= 0.6 is 11.3 Å². The van der Waals surface area contributed by atoms with Crippen molar-refractivity contribution in [2.75, 3.05) is 7.05 Å². The van der Waals surface area contributed by atoms with Crippen LogP contribution in [-0.4, -0.2) is 23.6 Å². The van der Waals surface area contributed by atoms with Gasteiger partial charge in [-0.2, -0.15) is 11.3 Å². The highest BCUT2D eigenvalue weighted by Gasteiger charge is 2.11. The summed E-state index contributed by atoms with van der Waals surface area (Å²) in [5, 5.41) is 3.97. The Balaban J connectivity index is 2.46. The minimum Gasteiger partial charge on any atom is -0.341 e. The van der Waals surface area contributed by atoms with Crippen LogP contribution in [0.4, 0.5) is 0 Å². The van der Waals surface area contributed by atoms with Gasteiger partial charge in [-0.1, -0.05) is 0 Å². The fourth-order valence-corrected chi connectivity index (χ4v) is 1.75. The van der Waals surface area contributed by atoms with Gasteiger partial charge in [-0.3, -0.25) is 9.59 Å². The van der Waals surface area contributed by atoms with Crippen LogP contribution in [0.5, 0.6) is 0 Å². The molecule has 0 bridgehead atoms. The fraction of sp³-hybridized carbons (Fsp3) is 0.400. The minimum absolute atomic E-state index is 0.000632. The molecule has 1 heterocycles. The van der Waals surface area contributed by atoms with E-state index in [1.807, 2.05) is 16.8 Å². The summed E-state index contributed by atoms with van der Waals surface area (Å²) in [4.78, 5) is 23.7. The van der Waals surface area contributed by atoms with Crippen LogP contribution in [-0.2, 0) is 16.1 Å². The number of hydrogen-bond donors (Lipinski definition) is 0. The second-order valence-corrected chi connectivity index (χ2v) is 4.04. The molecule has 0 aliphatic rings. The number of carbonyl (C=O) groups excluding carboxylic acids is 2. The zero-order chi connectivity index (χ0) is 10.6. The van der Waals surface area contributed by atoms with Crippen molar-refractivity contribution in [1.82, 2.24) is 4.90 Å². The summed E-state index contributed by atoms with van der Waals surface area (Å²) in [7, 11) is 1.71. The zero-order valence-corrected chi connectivity index (χ0v) is 9.13. The summed E-state index contributed by atoms with van der Waals surface area (Å²) in [6, 6.07) is 1.97. The van der Waals surface area contributed by atoms with Gasteiger partial charge >= 0.3 is 0 Å². The van der Waals surface area contributed by atoms with Crippen molar-refractivity contribution in [2.45, 2.75) is 19.9 Å². The maximum absolute atomic E-state index is 11.4. The molecular formula is C10H13NO2S. The number of Topliss-reactive ketones (excluding diaryl/α,β-unsaturated/α-hetero) is 1. The van der Waals surface area contributed by atoms with Crippen molar-refractivity contribution in [3.63, 3.8) is 0 Å². The average Bonchev–Trinajstić information content (AvgIpc) is 2.55. The molecule has 0 atom stereocenters. The molecule has 0 spiro atoms. The van der Waals surface area contributed by atoms with Crippen LogP contribution in [0.1, 0.15) is 18.9 Å². The fourth-order valence-electron chi connectivity index (χ4n) is 1.09. The van der Waals surface area contributed by atoms with E-state index in [1.165, 1.54) is 6.92 Å². The summed E-state index contributed by atoms with van der Waals surface area (Å²) in [6.45, 7) is 2.01. The lowest BCUT2D eigenvalue weighted by Crippen LogP contribution is -2.27. The molecule has 76 valence electrons. The maximum Gasteiger partial charge on any atom is 0.230 e. The average molecular weight is 211 g/mol. The van der Waals surface area contributed by atoms with E-state index in [2.05, 4.69) is 0 Å². The first-order chi connectivity index (χ1) is 6.59. The number of carbonyl (C=O) groups is 2. The number of thiophene rings is 1. The van der Waals surface area contributed by atoms with Gasteiger partial charge in [-0.05, 0) is 29.3 Å². The van der Waals surface area contributed by atoms with E-state index in [1.54, 1.807) is 23.3 Å². The van der Waals surface area contributed by atoms with Crippen molar-refractivity contribution in [3.8, 4) is 0 Å². The first kappa shape index (κ1) is 10.9. The molecule has 0 aliphatic heterocycles. The Morgan fingerprint density at radius 3 is 2.71 bits per heavy atom. The van der Waals surface area contributed by atoms with Gasteiger partial charge in [0, 0.05) is 13.6 Å². The molecule has 0 unspecified atom stereocenters. The largest absolute Gasteiger partial charge is 0.341 e. The molecule has 0 fully saturated rings. The van der Waals surface area contributed by atoms with Crippen LogP contribution in [0, 0.1) is 0 Å². The molecule has 0 aliphatic carbocycles. The second kappa shape index (κ2) is 4.91. The quantitative estimate of drug-likeness (QED) is 0.711. The Hall–Kier alpha value is -1.16. The predicted octanol–water partition coefficient (Wildman–Crippen LogP) is 1.69. The lowest BCUT2D eigenvalue weighted by Gasteiger charge is -2.15. The maximum atomic E-state index is 11.4. The lowest BCUT2D eigenvalue weighted by molar-refractivity contribution is -0.134. The minimum atomic E-state index is -0.122. The highest BCUT2D eigenvalue weighted by molar-refractivity contribution is 7.07. The third kappa shape index (κ3) is 3.30. The second-order valence-electron chi connectivity index (χ2n) is 3.26. The molecule has 0 saturated carbocycles. The summed E-state index contributed by atoms with van der Waals surface area (Å²) < 4.78 is 0. The topological polar surface area (TPSA) is 37.4 Å². The van der Waals surface area contributed by atoms with E-state index in [0.29, 0.717) is 6.54 Å². The van der Waals surface area contributed by atoms with E-state index in [4.69, 9.17) is 0 Å². The van der Waals surface area contributed by atoms with Crippen molar-refractivity contribution in [3.05, 3.63) is 22.4 Å². The van der Waals surface area contributed by atoms with Gasteiger partial charge in [0.25, 0.3) is 0 Å². The first-order valence-electron chi connectivity index (χ1n) is 4.34. The summed E-state index contributed by atoms with van der Waals surface area (Å²) in [5.41, 5.74) is 1.11. The van der Waals surface area contributed by atoms with Crippen molar-refractivity contribution >= 4 is 23.0 Å². The van der Waals surface area contributed by atoms with Gasteiger partial charge < -0.3 is 4.90 Å². The highest BCUT2D eigenvalue weighted by atomic mass is 32.1. The molecule has 4 heteroatoms. The molecule has 1 amide bonds. The van der Waals surface area contributed by atoms with Crippen LogP contribution in [0.2, 0.25) is 0 Å². The van der Waals surface area contributed by atoms with Crippen molar-refractivity contribution in [1.29, 1.82) is 0 Å². The van der Waals surface area contributed by atoms with E-state index in [9.17, 15) is 9.59 Å². The smallest absolute Gasteiger partial charge is 0.230 e. The molecule has 1 rings (SSSR count). The zero-order valence-electron chi connectivity index (χ0n) is 8.32. The lowest BCUT2D eigenvalue weighted by atomic mass is 10.2. The molecule has 1 aromatic rings. The molecule has 3 nitrogen and oxygen atoms in total. The Labute approximate surface area is 87.3 Å². The van der Waals surface area contributed by atoms with Gasteiger partial charge in [0.15, 0.2) is 0 Å². The standard InChI is InChI=1S/C10H13NO2S/c1-8(12)5-10(13)11(2)6-9-3-4-14-7-9/h3-4,7H,5-6H2,1-2H3. The Bertz CT molecular complexity index is 319. The van der Waals surface area contributed by atoms with E-state index in [0.717, 1.165) is 5.56 Å². The molecule has 0 N–H and O–H groups in total. The molecular weight excluding hydrogens is 198 g/mol. The highest BCUT2D eigenvalue weighted by Crippen LogP contribution is 2.08. The van der Waals surface area contributed by atoms with E-state index in [-0.39, 0.29) is 18.1 Å². The Morgan fingerprint density at radius 1 is 1.50 bits per heavy atom. The number of ketones is 1. The Kier molecular flexibility index (Phi) is 3.83. The molecule has 1 aromatic heterocycles. The van der Waals surface area contributed by atoms with Gasteiger partial charge in [0.05, 0.1) is 6.42 Å². The number of hydrogen-bond acceptors (Lipinski definition) is 3. The van der Waals surface area contributed by atoms with Crippen molar-refractivity contribution in [2.24, 2.45) is 0 Å². The van der Waals surface area contributed by atoms with Gasteiger partial charge in [0.2, 0.25) is 5.91 Å². The molecule has 0 saturated heterocycles. The SMILES string of the molecule is CC(=O)CC(=O)N(C)Cc1ccsc1. The number of amides is 1. The first-order valence-corrected chi connectivity index (χ1v) is 5.28. The monoisotopic (exact) mass is 211 g/mol. The molecule has 0 aromatic carbocycles.